The van der Waals surface area contributed by atoms with Crippen LogP contribution >= 0.6 is 22.7 Å². The lowest BCUT2D eigenvalue weighted by Gasteiger charge is -2.19. The van der Waals surface area contributed by atoms with Crippen molar-refractivity contribution in [3.8, 4) is 6.07 Å². The number of carbonyl (C=O) groups is 1. The summed E-state index contributed by atoms with van der Waals surface area (Å²) in [6.45, 7) is 4.43. The van der Waals surface area contributed by atoms with Crippen molar-refractivity contribution in [1.29, 1.82) is 5.26 Å². The summed E-state index contributed by atoms with van der Waals surface area (Å²) in [6.07, 6.45) is 5.82. The number of esters is 1. The van der Waals surface area contributed by atoms with E-state index in [9.17, 15) is 10.1 Å². The first-order chi connectivity index (χ1) is 21.6. The Balaban J connectivity index is 1.10. The van der Waals surface area contributed by atoms with Crippen molar-refractivity contribution in [2.24, 2.45) is 10.2 Å². The van der Waals surface area contributed by atoms with Crippen LogP contribution in [-0.2, 0) is 17.7 Å². The Morgan fingerprint density at radius 3 is 2.61 bits per heavy atom. The van der Waals surface area contributed by atoms with Crippen LogP contribution in [0.1, 0.15) is 58.1 Å². The zero-order valence-electron chi connectivity index (χ0n) is 24.4. The van der Waals surface area contributed by atoms with Gasteiger partial charge < -0.3 is 9.64 Å². The monoisotopic (exact) mass is 617 g/mol. The summed E-state index contributed by atoms with van der Waals surface area (Å²) in [4.78, 5) is 21.1. The molecule has 3 aromatic carbocycles. The summed E-state index contributed by atoms with van der Waals surface area (Å²) >= 11 is 2.98. The molecule has 0 aliphatic carbocycles. The average Bonchev–Trinajstić information content (AvgIpc) is 3.74. The van der Waals surface area contributed by atoms with Crippen molar-refractivity contribution in [2.75, 3.05) is 18.1 Å². The highest BCUT2D eigenvalue weighted by Crippen LogP contribution is 2.37. The lowest BCUT2D eigenvalue weighted by Crippen LogP contribution is -2.19. The van der Waals surface area contributed by atoms with Gasteiger partial charge in [-0.25, -0.2) is 9.78 Å². The molecule has 6 rings (SSSR count). The Bertz CT molecular complexity index is 1840. The van der Waals surface area contributed by atoms with Crippen molar-refractivity contribution in [1.82, 2.24) is 4.98 Å². The van der Waals surface area contributed by atoms with E-state index in [4.69, 9.17) is 4.74 Å². The molecule has 1 aliphatic heterocycles. The predicted molar refractivity (Wildman–Crippen MR) is 179 cm³/mol. The van der Waals surface area contributed by atoms with Crippen molar-refractivity contribution in [3.05, 3.63) is 106 Å². The van der Waals surface area contributed by atoms with Crippen LogP contribution in [0.4, 0.5) is 16.5 Å². The molecule has 0 N–H and O–H groups in total. The molecule has 0 saturated heterocycles. The van der Waals surface area contributed by atoms with Crippen molar-refractivity contribution >= 4 is 66.3 Å². The Labute approximate surface area is 264 Å². The summed E-state index contributed by atoms with van der Waals surface area (Å²) in [6, 6.07) is 28.1. The number of azo groups is 1. The number of hydrogen-bond acceptors (Lipinski definition) is 9. The maximum absolute atomic E-state index is 12.3. The molecule has 5 aromatic rings. The van der Waals surface area contributed by atoms with E-state index in [-0.39, 0.29) is 5.97 Å². The van der Waals surface area contributed by atoms with Crippen LogP contribution < -0.4 is 4.90 Å². The summed E-state index contributed by atoms with van der Waals surface area (Å²) in [5, 5.41) is 19.3. The van der Waals surface area contributed by atoms with E-state index in [1.807, 2.05) is 24.3 Å². The standard InChI is InChI=1S/C35H31N5O2S2/c1-2-3-7-18-42-34(41)26-12-10-25(11-13-26)28(22-36)20-30-21-32-33(43-30)37-35(44-32)39-38-29-14-15-31-27(19-29)16-17-40(31)23-24-8-5-4-6-9-24/h4-6,8-15,19-21H,2-3,7,16-18,23H2,1H3/b28-20+,39-38?. The van der Waals surface area contributed by atoms with Gasteiger partial charge in [-0.15, -0.1) is 21.6 Å². The molecule has 1 aliphatic rings. The van der Waals surface area contributed by atoms with E-state index < -0.39 is 0 Å². The SMILES string of the molecule is CCCCCOC(=O)c1ccc(/C(C#N)=C/c2cc3sc(N=Nc4ccc5c(c4)CCN5Cc4ccccc4)nc3s2)cc1. The van der Waals surface area contributed by atoms with Crippen LogP contribution in [0.3, 0.4) is 0 Å². The van der Waals surface area contributed by atoms with Crippen molar-refractivity contribution < 1.29 is 9.53 Å². The number of hydrogen-bond donors (Lipinski definition) is 0. The molecule has 0 atom stereocenters. The minimum Gasteiger partial charge on any atom is -0.462 e. The molecule has 0 unspecified atom stereocenters. The largest absolute Gasteiger partial charge is 0.462 e. The molecule has 0 spiro atoms. The van der Waals surface area contributed by atoms with Crippen molar-refractivity contribution in [2.45, 2.75) is 39.2 Å². The average molecular weight is 618 g/mol. The second kappa shape index (κ2) is 13.8. The van der Waals surface area contributed by atoms with E-state index in [0.29, 0.717) is 22.9 Å². The third kappa shape index (κ3) is 6.94. The first-order valence-corrected chi connectivity index (χ1v) is 16.4. The second-order valence-electron chi connectivity index (χ2n) is 10.6. The van der Waals surface area contributed by atoms with Gasteiger partial charge in [0.2, 0.25) is 5.13 Å². The lowest BCUT2D eigenvalue weighted by molar-refractivity contribution is 0.0498. The van der Waals surface area contributed by atoms with E-state index in [0.717, 1.165) is 64.4 Å². The molecule has 9 heteroatoms. The van der Waals surface area contributed by atoms with Crippen LogP contribution in [0.5, 0.6) is 0 Å². The van der Waals surface area contributed by atoms with Crippen molar-refractivity contribution in [3.63, 3.8) is 0 Å². The van der Waals surface area contributed by atoms with Crippen LogP contribution in [0.15, 0.2) is 89.1 Å². The molecule has 0 radical (unpaired) electrons. The smallest absolute Gasteiger partial charge is 0.338 e. The van der Waals surface area contributed by atoms with Gasteiger partial charge in [0.25, 0.3) is 0 Å². The Morgan fingerprint density at radius 1 is 1.02 bits per heavy atom. The van der Waals surface area contributed by atoms with Crippen LogP contribution in [0, 0.1) is 11.3 Å². The van der Waals surface area contributed by atoms with Gasteiger partial charge in [-0.3, -0.25) is 0 Å². The van der Waals surface area contributed by atoms with E-state index in [1.165, 1.54) is 39.5 Å². The van der Waals surface area contributed by atoms with Gasteiger partial charge in [0.15, 0.2) is 0 Å². The minimum atomic E-state index is -0.339. The fourth-order valence-electron chi connectivity index (χ4n) is 5.15. The van der Waals surface area contributed by atoms with E-state index in [2.05, 4.69) is 69.5 Å². The number of aromatic nitrogens is 1. The summed E-state index contributed by atoms with van der Waals surface area (Å²) in [5.41, 5.74) is 6.42. The number of ether oxygens (including phenoxy) is 1. The Hall–Kier alpha value is -4.65. The molecule has 2 aromatic heterocycles. The number of thiophene rings is 1. The van der Waals surface area contributed by atoms with Gasteiger partial charge in [-0.05, 0) is 72.0 Å². The number of fused-ring (bicyclic) bond motifs is 2. The number of anilines is 1. The molecule has 0 fully saturated rings. The quantitative estimate of drug-likeness (QED) is 0.0637. The highest BCUT2D eigenvalue weighted by Gasteiger charge is 2.19. The Kier molecular flexibility index (Phi) is 9.20. The fraction of sp³-hybridized carbons (Fsp3) is 0.229. The zero-order chi connectivity index (χ0) is 30.3. The minimum absolute atomic E-state index is 0.339. The summed E-state index contributed by atoms with van der Waals surface area (Å²) in [5.74, 6) is -0.339. The van der Waals surface area contributed by atoms with Crippen LogP contribution in [0.2, 0.25) is 0 Å². The molecule has 7 nitrogen and oxygen atoms in total. The van der Waals surface area contributed by atoms with Gasteiger partial charge in [0.05, 0.1) is 34.2 Å². The third-order valence-corrected chi connectivity index (χ3v) is 9.43. The number of rotatable bonds is 11. The van der Waals surface area contributed by atoms with Gasteiger partial charge in [-0.1, -0.05) is 73.6 Å². The number of nitrogens with zero attached hydrogens (tertiary/aromatic N) is 5. The number of unbranched alkanes of at least 4 members (excludes halogenated alkanes) is 2. The molecule has 0 bridgehead atoms. The summed E-state index contributed by atoms with van der Waals surface area (Å²) < 4.78 is 6.33. The van der Waals surface area contributed by atoms with Gasteiger partial charge >= 0.3 is 5.97 Å². The molecule has 220 valence electrons. The van der Waals surface area contributed by atoms with Crippen LogP contribution in [0.25, 0.3) is 21.2 Å². The maximum atomic E-state index is 12.3. The highest BCUT2D eigenvalue weighted by atomic mass is 32.1. The number of nitriles is 1. The number of benzene rings is 3. The molecule has 0 saturated carbocycles. The van der Waals surface area contributed by atoms with Gasteiger partial charge in [0.1, 0.15) is 4.83 Å². The lowest BCUT2D eigenvalue weighted by atomic mass is 10.0. The first-order valence-electron chi connectivity index (χ1n) is 14.7. The Morgan fingerprint density at radius 2 is 1.84 bits per heavy atom. The molecular weight excluding hydrogens is 587 g/mol. The third-order valence-electron chi connectivity index (χ3n) is 7.44. The molecule has 3 heterocycles. The zero-order valence-corrected chi connectivity index (χ0v) is 26.0. The van der Waals surface area contributed by atoms with E-state index >= 15 is 0 Å². The highest BCUT2D eigenvalue weighted by molar-refractivity contribution is 7.29. The van der Waals surface area contributed by atoms with Crippen LogP contribution in [-0.4, -0.2) is 24.1 Å². The summed E-state index contributed by atoms with van der Waals surface area (Å²) in [7, 11) is 0. The van der Waals surface area contributed by atoms with E-state index in [1.54, 1.807) is 24.3 Å². The molecule has 0 amide bonds. The molecular formula is C35H31N5O2S2. The number of carbonyl (C=O) groups excluding carboxylic acids is 1. The van der Waals surface area contributed by atoms with Gasteiger partial charge in [0, 0.05) is 23.7 Å². The van der Waals surface area contributed by atoms with Gasteiger partial charge in [-0.2, -0.15) is 5.26 Å². The number of thiazole rings is 1. The topological polar surface area (TPSA) is 90.9 Å². The normalized spacial score (nSPS) is 13.0. The molecule has 44 heavy (non-hydrogen) atoms. The predicted octanol–water partition coefficient (Wildman–Crippen LogP) is 9.75. The fourth-order valence-corrected chi connectivity index (χ4v) is 7.14. The maximum Gasteiger partial charge on any atom is 0.338 e. The number of allylic oxidation sites excluding steroid dienone is 1. The first kappa shape index (κ1) is 29.4. The second-order valence-corrected chi connectivity index (χ2v) is 12.6.